The van der Waals surface area contributed by atoms with Gasteiger partial charge in [0.05, 0.1) is 53.5 Å². The number of hydrogen-bond acceptors (Lipinski definition) is 1. The van der Waals surface area contributed by atoms with Crippen molar-refractivity contribution in [2.75, 3.05) is 4.90 Å². The molecule has 0 atom stereocenters. The minimum Gasteiger partial charge on any atom is -0.310 e. The van der Waals surface area contributed by atoms with Crippen LogP contribution in [-0.2, 0) is 0 Å². The molecule has 0 spiro atoms. The molecule has 0 aromatic heterocycles. The van der Waals surface area contributed by atoms with Crippen LogP contribution in [0.15, 0.2) is 236 Å². The molecule has 0 bridgehead atoms. The van der Waals surface area contributed by atoms with Gasteiger partial charge >= 0.3 is 0 Å². The highest BCUT2D eigenvalue weighted by molar-refractivity contribution is 6.04. The normalized spacial score (nSPS) is 20.7. The first kappa shape index (κ1) is 12.3. The Morgan fingerprint density at radius 2 is 0.719 bits per heavy atom. The number of rotatable bonds is 8. The van der Waals surface area contributed by atoms with Crippen LogP contribution in [0.3, 0.4) is 0 Å². The van der Waals surface area contributed by atoms with Gasteiger partial charge in [-0.15, -0.1) is 0 Å². The summed E-state index contributed by atoms with van der Waals surface area (Å²) in [6, 6.07) is -45.5. The van der Waals surface area contributed by atoms with Gasteiger partial charge in [-0.05, 0) is 113 Å². The molecule has 0 amide bonds. The van der Waals surface area contributed by atoms with Gasteiger partial charge in [0, 0.05) is 17.1 Å². The Labute approximate surface area is 389 Å². The van der Waals surface area contributed by atoms with Crippen LogP contribution in [0.1, 0.15) is 53.5 Å². The summed E-state index contributed by atoms with van der Waals surface area (Å²) >= 11 is 0. The van der Waals surface area contributed by atoms with E-state index < -0.39 is 330 Å². The lowest BCUT2D eigenvalue weighted by Crippen LogP contribution is -2.10. The van der Waals surface area contributed by atoms with Gasteiger partial charge in [-0.2, -0.15) is 0 Å². The summed E-state index contributed by atoms with van der Waals surface area (Å²) in [6.07, 6.45) is 0. The van der Waals surface area contributed by atoms with Gasteiger partial charge in [0.2, 0.25) is 0 Å². The molecule has 10 rings (SSSR count). The molecule has 1 nitrogen and oxygen atoms in total. The Morgan fingerprint density at radius 3 is 1.37 bits per heavy atom. The van der Waals surface area contributed by atoms with Crippen LogP contribution in [0.4, 0.5) is 17.1 Å². The fraction of sp³-hybridized carbons (Fsp3) is 0. The molecule has 0 unspecified atom stereocenters. The van der Waals surface area contributed by atoms with E-state index in [-0.39, 0.29) is 4.90 Å². The van der Waals surface area contributed by atoms with Crippen LogP contribution in [-0.4, -0.2) is 0 Å². The van der Waals surface area contributed by atoms with E-state index in [1.54, 1.807) is 0 Å². The molecule has 57 heavy (non-hydrogen) atoms. The third-order valence-electron chi connectivity index (χ3n) is 8.19. The monoisotopic (exact) mass is 765 g/mol. The van der Waals surface area contributed by atoms with E-state index >= 15 is 0 Å². The Bertz CT molecular complexity index is 5140. The maximum Gasteiger partial charge on any atom is 0.0651 e. The lowest BCUT2D eigenvalue weighted by atomic mass is 9.89. The number of fused-ring (bicyclic) bond motifs is 2. The summed E-state index contributed by atoms with van der Waals surface area (Å²) in [6.45, 7) is 0. The molecule has 10 aromatic rings. The molecule has 0 saturated heterocycles. The van der Waals surface area contributed by atoms with Crippen LogP contribution in [0, 0.1) is 0 Å². The number of anilines is 3. The second kappa shape index (κ2) is 15.0. The molecule has 0 aliphatic heterocycles. The zero-order valence-corrected chi connectivity index (χ0v) is 28.4. The van der Waals surface area contributed by atoms with Gasteiger partial charge in [0.1, 0.15) is 0 Å². The first-order valence-corrected chi connectivity index (χ1v) is 16.4. The van der Waals surface area contributed by atoms with Crippen molar-refractivity contribution in [2.24, 2.45) is 0 Å². The van der Waals surface area contributed by atoms with E-state index in [1.807, 2.05) is 0 Å². The summed E-state index contributed by atoms with van der Waals surface area (Å²) < 4.78 is 353. The minimum atomic E-state index is -1.51. The zero-order chi connectivity index (χ0) is 71.9. The molecule has 10 aromatic carbocycles. The molecule has 0 fully saturated rings. The van der Waals surface area contributed by atoms with E-state index in [1.165, 1.54) is 0 Å². The third-order valence-corrected chi connectivity index (χ3v) is 8.19. The van der Waals surface area contributed by atoms with Crippen molar-refractivity contribution in [3.8, 4) is 55.6 Å². The topological polar surface area (TPSA) is 3.24 Å². The first-order chi connectivity index (χ1) is 44.5. The summed E-state index contributed by atoms with van der Waals surface area (Å²) in [5.41, 5.74) is -14.2. The van der Waals surface area contributed by atoms with Crippen molar-refractivity contribution in [1.29, 1.82) is 0 Å². The van der Waals surface area contributed by atoms with Gasteiger partial charge in [0.15, 0.2) is 0 Å². The first-order valence-electron chi connectivity index (χ1n) is 35.9. The van der Waals surface area contributed by atoms with E-state index in [4.69, 9.17) is 30.2 Å². The lowest BCUT2D eigenvalue weighted by molar-refractivity contribution is 1.28. The maximum atomic E-state index is 10.0. The summed E-state index contributed by atoms with van der Waals surface area (Å²) in [4.78, 5) is 0.155. The second-order valence-corrected chi connectivity index (χ2v) is 11.5. The van der Waals surface area contributed by atoms with Crippen molar-refractivity contribution in [1.82, 2.24) is 0 Å². The summed E-state index contributed by atoms with van der Waals surface area (Å²) in [5, 5.41) is -3.32. The molecule has 0 heterocycles. The predicted octanol–water partition coefficient (Wildman–Crippen LogP) is 15.8. The fourth-order valence-corrected chi connectivity index (χ4v) is 5.65. The highest BCUT2D eigenvalue weighted by atomic mass is 15.1. The molecular formula is C56H39N. The largest absolute Gasteiger partial charge is 0.310 e. The summed E-state index contributed by atoms with van der Waals surface area (Å²) in [7, 11) is 0. The highest BCUT2D eigenvalue weighted by Gasteiger charge is 2.17. The number of hydrogen-bond donors (Lipinski definition) is 0. The lowest BCUT2D eigenvalue weighted by Gasteiger charge is -2.27. The molecule has 268 valence electrons. The Hall–Kier alpha value is -7.48. The Morgan fingerprint density at radius 1 is 0.263 bits per heavy atom. The molecule has 1 heteroatoms. The van der Waals surface area contributed by atoms with E-state index in [2.05, 4.69) is 0 Å². The van der Waals surface area contributed by atoms with Gasteiger partial charge < -0.3 is 4.90 Å². The molecule has 0 aliphatic carbocycles. The maximum absolute atomic E-state index is 10.0. The van der Waals surface area contributed by atoms with Crippen LogP contribution < -0.4 is 4.90 Å². The van der Waals surface area contributed by atoms with Crippen molar-refractivity contribution in [2.45, 2.75) is 0 Å². The van der Waals surface area contributed by atoms with Crippen LogP contribution in [0.5, 0.6) is 0 Å². The highest BCUT2D eigenvalue weighted by Crippen LogP contribution is 2.42. The molecule has 0 N–H and O–H groups in total. The standard InChI is InChI=1S/C56H39N/c1-3-13-40(14-4-1)41-25-27-42(28-26-41)43-29-34-49(35-30-43)57(51-21-11-20-48(39-51)53-24-12-19-44-17-7-9-22-52(44)53)50-36-31-47(32-37-50)56-54-23-10-8-18-46(54)33-38-55(56)45-15-5-2-6-16-45/h1-39H/i1D,2D,3D,4D,5D,6D,7D,8D,9D,10D,11D,12D,13D,14D,15D,16D,17D,18D,19D,20D,21D,22D,23D,24D,25D,26D,27D,28D,29D,30D,31D,32D,33D,34D,35D,36D,37D,38D,39D. The van der Waals surface area contributed by atoms with E-state index in [9.17, 15) is 23.3 Å². The average Bonchev–Trinajstić information content (AvgIpc) is 0.712. The molecule has 0 radical (unpaired) electrons. The van der Waals surface area contributed by atoms with Gasteiger partial charge in [-0.25, -0.2) is 0 Å². The van der Waals surface area contributed by atoms with Gasteiger partial charge in [-0.3, -0.25) is 0 Å². The van der Waals surface area contributed by atoms with Gasteiger partial charge in [-0.1, -0.05) is 199 Å². The average molecular weight is 765 g/mol. The fourth-order valence-electron chi connectivity index (χ4n) is 5.65. The van der Waals surface area contributed by atoms with E-state index in [0.29, 0.717) is 0 Å². The van der Waals surface area contributed by atoms with Gasteiger partial charge in [0.25, 0.3) is 0 Å². The number of nitrogens with zero attached hydrogens (tertiary/aromatic N) is 1. The van der Waals surface area contributed by atoms with Crippen molar-refractivity contribution >= 4 is 38.6 Å². The molecule has 0 saturated carbocycles. The minimum absolute atomic E-state index is 0.155. The van der Waals surface area contributed by atoms with Crippen LogP contribution in [0.2, 0.25) is 0 Å². The smallest absolute Gasteiger partial charge is 0.0651 e. The molecule has 0 aliphatic rings. The second-order valence-electron chi connectivity index (χ2n) is 11.5. The SMILES string of the molecule is [2H]c1c([2H])c([2H])c(-c2c([2H])c([2H])c(-c3c([2H])c([2H])c(N(c4c([2H])c([2H])c(-c5c(-c6c([2H])c([2H])c([2H])c([2H])c6[2H])c([2H])c([2H])c6c([2H])c([2H])c([2H])c([2H])c56)c([2H])c4[2H])c4c([2H])c([2H])c([2H])c(-c5c([2H])c([2H])c([2H])c6c([2H])c([2H])c([2H])c([2H])c56)c4[2H])c([2H])c3[2H])c([2H])c2[2H])c([2H])c1[2H]. The predicted molar refractivity (Wildman–Crippen MR) is 243 cm³/mol. The van der Waals surface area contributed by atoms with E-state index in [0.717, 1.165) is 0 Å². The quantitative estimate of drug-likeness (QED) is 0.149. The Kier molecular flexibility index (Phi) is 3.22. The van der Waals surface area contributed by atoms with Crippen molar-refractivity contribution in [3.63, 3.8) is 0 Å². The third kappa shape index (κ3) is 6.66. The molecular weight excluding hydrogens is 687 g/mol. The zero-order valence-electron chi connectivity index (χ0n) is 67.4. The van der Waals surface area contributed by atoms with Crippen molar-refractivity contribution < 1.29 is 53.5 Å². The van der Waals surface area contributed by atoms with Crippen LogP contribution in [0.25, 0.3) is 77.2 Å². The van der Waals surface area contributed by atoms with Crippen molar-refractivity contribution in [3.05, 3.63) is 236 Å². The van der Waals surface area contributed by atoms with Crippen LogP contribution >= 0.6 is 0 Å². The Balaban J connectivity index is 1.42. The number of benzene rings is 10. The summed E-state index contributed by atoms with van der Waals surface area (Å²) in [5.74, 6) is 0.